The van der Waals surface area contributed by atoms with E-state index in [0.29, 0.717) is 4.99 Å². The van der Waals surface area contributed by atoms with Gasteiger partial charge in [0.2, 0.25) is 5.91 Å². The summed E-state index contributed by atoms with van der Waals surface area (Å²) in [6.07, 6.45) is 4.20. The Balaban J connectivity index is 2.11. The van der Waals surface area contributed by atoms with Gasteiger partial charge in [-0.2, -0.15) is 0 Å². The lowest BCUT2D eigenvalue weighted by Crippen LogP contribution is -2.30. The van der Waals surface area contributed by atoms with Crippen molar-refractivity contribution in [3.05, 3.63) is 29.8 Å². The normalized spacial score (nSPS) is 17.4. The van der Waals surface area contributed by atoms with Crippen LogP contribution in [0, 0.1) is 5.41 Å². The van der Waals surface area contributed by atoms with Gasteiger partial charge in [0.15, 0.2) is 0 Å². The first-order valence-corrected chi connectivity index (χ1v) is 6.63. The van der Waals surface area contributed by atoms with Crippen LogP contribution in [0.25, 0.3) is 0 Å². The molecule has 0 unspecified atom stereocenters. The van der Waals surface area contributed by atoms with Crippen molar-refractivity contribution in [3.8, 4) is 0 Å². The molecule has 0 aliphatic heterocycles. The van der Waals surface area contributed by atoms with E-state index >= 15 is 0 Å². The van der Waals surface area contributed by atoms with E-state index in [2.05, 4.69) is 5.32 Å². The Kier molecular flexibility index (Phi) is 3.66. The Hall–Kier alpha value is -1.42. The van der Waals surface area contributed by atoms with Crippen LogP contribution in [0.1, 0.15) is 38.2 Å². The first kappa shape index (κ1) is 13.0. The largest absolute Gasteiger partial charge is 0.389 e. The molecule has 3 nitrogen and oxygen atoms in total. The molecule has 0 aromatic heterocycles. The molecule has 1 fully saturated rings. The summed E-state index contributed by atoms with van der Waals surface area (Å²) in [5, 5.41) is 2.97. The molecule has 1 saturated carbocycles. The Labute approximate surface area is 113 Å². The van der Waals surface area contributed by atoms with E-state index in [9.17, 15) is 4.79 Å². The molecule has 1 aliphatic rings. The fraction of sp³-hybridized carbons (Fsp3) is 0.429. The quantitative estimate of drug-likeness (QED) is 0.824. The Morgan fingerprint density at radius 1 is 1.39 bits per heavy atom. The summed E-state index contributed by atoms with van der Waals surface area (Å²) in [6.45, 7) is 2.03. The zero-order valence-corrected chi connectivity index (χ0v) is 11.3. The van der Waals surface area contributed by atoms with Crippen LogP contribution in [0.15, 0.2) is 24.3 Å². The number of thiocarbonyl (C=S) groups is 1. The number of hydrogen-bond donors (Lipinski definition) is 2. The van der Waals surface area contributed by atoms with E-state index in [1.165, 1.54) is 0 Å². The van der Waals surface area contributed by atoms with E-state index in [0.717, 1.165) is 36.9 Å². The molecule has 3 N–H and O–H groups in total. The van der Waals surface area contributed by atoms with Crippen LogP contribution in [0.4, 0.5) is 5.69 Å². The zero-order valence-electron chi connectivity index (χ0n) is 10.5. The molecule has 96 valence electrons. The molecule has 0 radical (unpaired) electrons. The van der Waals surface area contributed by atoms with Gasteiger partial charge in [0.05, 0.1) is 0 Å². The van der Waals surface area contributed by atoms with Crippen LogP contribution < -0.4 is 11.1 Å². The van der Waals surface area contributed by atoms with Crippen LogP contribution in [0.2, 0.25) is 0 Å². The van der Waals surface area contributed by atoms with Crippen LogP contribution >= 0.6 is 12.2 Å². The van der Waals surface area contributed by atoms with Crippen molar-refractivity contribution in [3.63, 3.8) is 0 Å². The van der Waals surface area contributed by atoms with Gasteiger partial charge in [0.1, 0.15) is 4.99 Å². The number of nitrogens with one attached hydrogen (secondary N) is 1. The molecule has 0 saturated heterocycles. The number of carbonyl (C=O) groups is 1. The van der Waals surface area contributed by atoms with Gasteiger partial charge in [-0.05, 0) is 25.0 Å². The number of rotatable bonds is 3. The maximum absolute atomic E-state index is 12.2. The lowest BCUT2D eigenvalue weighted by atomic mass is 9.88. The Bertz CT molecular complexity index is 478. The summed E-state index contributed by atoms with van der Waals surface area (Å²) < 4.78 is 0. The average molecular weight is 262 g/mol. The molecule has 0 atom stereocenters. The smallest absolute Gasteiger partial charge is 0.230 e. The molecule has 1 amide bonds. The molecule has 18 heavy (non-hydrogen) atoms. The number of anilines is 1. The van der Waals surface area contributed by atoms with Crippen LogP contribution in [0.5, 0.6) is 0 Å². The highest BCUT2D eigenvalue weighted by atomic mass is 32.1. The van der Waals surface area contributed by atoms with Gasteiger partial charge in [-0.3, -0.25) is 4.79 Å². The fourth-order valence-corrected chi connectivity index (χ4v) is 2.54. The van der Waals surface area contributed by atoms with Crippen molar-refractivity contribution in [1.29, 1.82) is 0 Å². The molecule has 1 aromatic carbocycles. The topological polar surface area (TPSA) is 55.1 Å². The minimum Gasteiger partial charge on any atom is -0.389 e. The van der Waals surface area contributed by atoms with E-state index in [1.54, 1.807) is 0 Å². The minimum atomic E-state index is -0.223. The van der Waals surface area contributed by atoms with Gasteiger partial charge in [0, 0.05) is 16.7 Å². The highest BCUT2D eigenvalue weighted by molar-refractivity contribution is 7.80. The monoisotopic (exact) mass is 262 g/mol. The molecule has 0 bridgehead atoms. The summed E-state index contributed by atoms with van der Waals surface area (Å²) in [7, 11) is 0. The van der Waals surface area contributed by atoms with Crippen LogP contribution in [0.3, 0.4) is 0 Å². The van der Waals surface area contributed by atoms with Crippen LogP contribution in [-0.2, 0) is 4.79 Å². The maximum atomic E-state index is 12.2. The summed E-state index contributed by atoms with van der Waals surface area (Å²) in [6, 6.07) is 7.37. The molecule has 1 aliphatic carbocycles. The van der Waals surface area contributed by atoms with Crippen molar-refractivity contribution in [2.45, 2.75) is 32.6 Å². The highest BCUT2D eigenvalue weighted by Gasteiger charge is 2.36. The number of hydrogen-bond acceptors (Lipinski definition) is 2. The van der Waals surface area contributed by atoms with Crippen molar-refractivity contribution in [2.75, 3.05) is 5.32 Å². The second kappa shape index (κ2) is 5.06. The van der Waals surface area contributed by atoms with Crippen LogP contribution in [-0.4, -0.2) is 10.9 Å². The van der Waals surface area contributed by atoms with Gasteiger partial charge in [-0.25, -0.2) is 0 Å². The van der Waals surface area contributed by atoms with E-state index in [4.69, 9.17) is 18.0 Å². The lowest BCUT2D eigenvalue weighted by molar-refractivity contribution is -0.124. The maximum Gasteiger partial charge on any atom is 0.230 e. The SMILES string of the molecule is CC1(C(=O)Nc2cccc(C(N)=S)c2)CCCC1. The van der Waals surface area contributed by atoms with Gasteiger partial charge in [0.25, 0.3) is 0 Å². The minimum absolute atomic E-state index is 0.0973. The second-order valence-electron chi connectivity index (χ2n) is 5.17. The third-order valence-corrected chi connectivity index (χ3v) is 3.90. The van der Waals surface area contributed by atoms with E-state index < -0.39 is 0 Å². The highest BCUT2D eigenvalue weighted by Crippen LogP contribution is 2.38. The Morgan fingerprint density at radius 2 is 2.06 bits per heavy atom. The van der Waals surface area contributed by atoms with E-state index in [-0.39, 0.29) is 11.3 Å². The summed E-state index contributed by atoms with van der Waals surface area (Å²) in [4.78, 5) is 12.6. The standard InChI is InChI=1S/C14H18N2OS/c1-14(7-2-3-8-14)13(17)16-11-6-4-5-10(9-11)12(15)18/h4-6,9H,2-3,7-8H2,1H3,(H2,15,18)(H,16,17). The third-order valence-electron chi connectivity index (χ3n) is 3.66. The molecular weight excluding hydrogens is 244 g/mol. The number of benzene rings is 1. The Morgan fingerprint density at radius 3 is 2.67 bits per heavy atom. The molecule has 4 heteroatoms. The molecule has 0 spiro atoms. The second-order valence-corrected chi connectivity index (χ2v) is 5.61. The van der Waals surface area contributed by atoms with Crippen molar-refractivity contribution >= 4 is 28.8 Å². The number of carbonyl (C=O) groups excluding carboxylic acids is 1. The average Bonchev–Trinajstić information content (AvgIpc) is 2.78. The third kappa shape index (κ3) is 2.70. The zero-order chi connectivity index (χ0) is 13.2. The van der Waals surface area contributed by atoms with Gasteiger partial charge in [-0.1, -0.05) is 44.1 Å². The fourth-order valence-electron chi connectivity index (χ4n) is 2.41. The summed E-state index contributed by atoms with van der Waals surface area (Å²) in [5.74, 6) is 0.0973. The lowest BCUT2D eigenvalue weighted by Gasteiger charge is -2.22. The van der Waals surface area contributed by atoms with Gasteiger partial charge in [-0.15, -0.1) is 0 Å². The number of nitrogens with two attached hydrogens (primary N) is 1. The van der Waals surface area contributed by atoms with Crippen molar-refractivity contribution in [1.82, 2.24) is 0 Å². The molecular formula is C14H18N2OS. The molecule has 2 rings (SSSR count). The predicted molar refractivity (Wildman–Crippen MR) is 77.5 cm³/mol. The van der Waals surface area contributed by atoms with Gasteiger partial charge < -0.3 is 11.1 Å². The van der Waals surface area contributed by atoms with Crippen molar-refractivity contribution in [2.24, 2.45) is 11.1 Å². The number of amides is 1. The van der Waals surface area contributed by atoms with Gasteiger partial charge >= 0.3 is 0 Å². The van der Waals surface area contributed by atoms with Crippen molar-refractivity contribution < 1.29 is 4.79 Å². The first-order valence-electron chi connectivity index (χ1n) is 6.23. The molecule has 1 aromatic rings. The molecule has 0 heterocycles. The first-order chi connectivity index (χ1) is 8.51. The summed E-state index contributed by atoms with van der Waals surface area (Å²) >= 11 is 4.93. The summed E-state index contributed by atoms with van der Waals surface area (Å²) in [5.41, 5.74) is 6.90. The predicted octanol–water partition coefficient (Wildman–Crippen LogP) is 2.84. The van der Waals surface area contributed by atoms with E-state index in [1.807, 2.05) is 31.2 Å².